The molecule has 114 valence electrons. The summed E-state index contributed by atoms with van der Waals surface area (Å²) < 4.78 is 47.8. The molecule has 0 fully saturated rings. The highest BCUT2D eigenvalue weighted by Gasteiger charge is 2.29. The Morgan fingerprint density at radius 1 is 1.09 bits per heavy atom. The summed E-state index contributed by atoms with van der Waals surface area (Å²) in [5.74, 6) is 0.0764. The SMILES string of the molecule is O=C1OCc2ccc(OCc3ccc(C(F)(F)F)cc3)cc21. The molecule has 0 atom stereocenters. The standard InChI is InChI=1S/C16H11F3O3/c17-16(18,19)12-4-1-10(2-5-12)8-21-13-6-3-11-9-22-15(20)14(11)7-13/h1-7H,8-9H2. The van der Waals surface area contributed by atoms with Crippen LogP contribution in [0.1, 0.15) is 27.0 Å². The second-order valence-corrected chi connectivity index (χ2v) is 4.88. The van der Waals surface area contributed by atoms with E-state index in [4.69, 9.17) is 9.47 Å². The monoisotopic (exact) mass is 308 g/mol. The van der Waals surface area contributed by atoms with E-state index in [0.717, 1.165) is 17.7 Å². The molecule has 0 bridgehead atoms. The summed E-state index contributed by atoms with van der Waals surface area (Å²) in [7, 11) is 0. The molecule has 0 saturated carbocycles. The van der Waals surface area contributed by atoms with Gasteiger partial charge in [0.15, 0.2) is 0 Å². The largest absolute Gasteiger partial charge is 0.489 e. The van der Waals surface area contributed by atoms with Crippen LogP contribution < -0.4 is 4.74 Å². The van der Waals surface area contributed by atoms with Crippen LogP contribution in [0.5, 0.6) is 5.75 Å². The van der Waals surface area contributed by atoms with Crippen LogP contribution >= 0.6 is 0 Å². The lowest BCUT2D eigenvalue weighted by Crippen LogP contribution is -2.05. The van der Waals surface area contributed by atoms with E-state index in [0.29, 0.717) is 16.9 Å². The lowest BCUT2D eigenvalue weighted by Gasteiger charge is -2.09. The maximum atomic E-state index is 12.5. The minimum Gasteiger partial charge on any atom is -0.489 e. The fourth-order valence-corrected chi connectivity index (χ4v) is 2.14. The lowest BCUT2D eigenvalue weighted by molar-refractivity contribution is -0.137. The van der Waals surface area contributed by atoms with E-state index in [1.165, 1.54) is 12.1 Å². The van der Waals surface area contributed by atoms with Gasteiger partial charge in [-0.15, -0.1) is 0 Å². The van der Waals surface area contributed by atoms with Crippen molar-refractivity contribution in [2.45, 2.75) is 19.4 Å². The molecule has 0 radical (unpaired) electrons. The van der Waals surface area contributed by atoms with Crippen molar-refractivity contribution in [1.29, 1.82) is 0 Å². The van der Waals surface area contributed by atoms with Crippen LogP contribution in [0.4, 0.5) is 13.2 Å². The van der Waals surface area contributed by atoms with Crippen molar-refractivity contribution in [2.24, 2.45) is 0 Å². The molecule has 22 heavy (non-hydrogen) atoms. The molecule has 1 aliphatic rings. The predicted octanol–water partition coefficient (Wildman–Crippen LogP) is 3.95. The minimum atomic E-state index is -4.35. The second-order valence-electron chi connectivity index (χ2n) is 4.88. The van der Waals surface area contributed by atoms with Crippen molar-refractivity contribution in [2.75, 3.05) is 0 Å². The van der Waals surface area contributed by atoms with Crippen LogP contribution in [0.25, 0.3) is 0 Å². The maximum Gasteiger partial charge on any atom is 0.416 e. The first-order valence-corrected chi connectivity index (χ1v) is 6.52. The molecular formula is C16H11F3O3. The fourth-order valence-electron chi connectivity index (χ4n) is 2.14. The number of carbonyl (C=O) groups is 1. The van der Waals surface area contributed by atoms with E-state index in [1.807, 2.05) is 0 Å². The van der Waals surface area contributed by atoms with Crippen molar-refractivity contribution in [3.05, 3.63) is 64.7 Å². The van der Waals surface area contributed by atoms with Crippen molar-refractivity contribution in [3.63, 3.8) is 0 Å². The molecule has 0 unspecified atom stereocenters. The topological polar surface area (TPSA) is 35.5 Å². The van der Waals surface area contributed by atoms with E-state index in [9.17, 15) is 18.0 Å². The minimum absolute atomic E-state index is 0.117. The highest BCUT2D eigenvalue weighted by molar-refractivity contribution is 5.93. The Morgan fingerprint density at radius 3 is 2.50 bits per heavy atom. The first-order valence-electron chi connectivity index (χ1n) is 6.52. The van der Waals surface area contributed by atoms with Gasteiger partial charge in [0, 0.05) is 5.56 Å². The molecule has 0 amide bonds. The van der Waals surface area contributed by atoms with Crippen LogP contribution in [0.15, 0.2) is 42.5 Å². The Hall–Kier alpha value is -2.50. The van der Waals surface area contributed by atoms with Gasteiger partial charge in [-0.1, -0.05) is 18.2 Å². The number of benzene rings is 2. The van der Waals surface area contributed by atoms with Gasteiger partial charge >= 0.3 is 12.1 Å². The third-order valence-corrected chi connectivity index (χ3v) is 3.35. The van der Waals surface area contributed by atoms with Gasteiger partial charge in [-0.3, -0.25) is 0 Å². The smallest absolute Gasteiger partial charge is 0.416 e. The Balaban J connectivity index is 1.68. The van der Waals surface area contributed by atoms with Crippen LogP contribution in [0.3, 0.4) is 0 Å². The zero-order chi connectivity index (χ0) is 15.7. The van der Waals surface area contributed by atoms with Gasteiger partial charge in [-0.25, -0.2) is 4.79 Å². The van der Waals surface area contributed by atoms with E-state index in [1.54, 1.807) is 18.2 Å². The molecule has 0 saturated heterocycles. The summed E-state index contributed by atoms with van der Waals surface area (Å²) in [4.78, 5) is 11.4. The van der Waals surface area contributed by atoms with Crippen molar-refractivity contribution in [1.82, 2.24) is 0 Å². The van der Waals surface area contributed by atoms with Crippen LogP contribution in [-0.4, -0.2) is 5.97 Å². The number of halogens is 3. The molecule has 1 heterocycles. The molecule has 0 aliphatic carbocycles. The predicted molar refractivity (Wildman–Crippen MR) is 71.3 cm³/mol. The average Bonchev–Trinajstić information content (AvgIpc) is 2.86. The Morgan fingerprint density at radius 2 is 1.82 bits per heavy atom. The summed E-state index contributed by atoms with van der Waals surface area (Å²) in [5, 5.41) is 0. The van der Waals surface area contributed by atoms with Crippen molar-refractivity contribution < 1.29 is 27.4 Å². The molecule has 0 aromatic heterocycles. The van der Waals surface area contributed by atoms with Crippen molar-refractivity contribution in [3.8, 4) is 5.75 Å². The van der Waals surface area contributed by atoms with Gasteiger partial charge in [-0.2, -0.15) is 13.2 Å². The summed E-state index contributed by atoms with van der Waals surface area (Å²) in [6.45, 7) is 0.374. The van der Waals surface area contributed by atoms with E-state index < -0.39 is 17.7 Å². The highest BCUT2D eigenvalue weighted by atomic mass is 19.4. The Labute approximate surface area is 124 Å². The van der Waals surface area contributed by atoms with Gasteiger partial charge in [-0.05, 0) is 29.8 Å². The summed E-state index contributed by atoms with van der Waals surface area (Å²) in [6, 6.07) is 9.77. The molecular weight excluding hydrogens is 297 g/mol. The number of alkyl halides is 3. The maximum absolute atomic E-state index is 12.5. The second kappa shape index (κ2) is 5.36. The van der Waals surface area contributed by atoms with E-state index in [-0.39, 0.29) is 13.2 Å². The number of hydrogen-bond acceptors (Lipinski definition) is 3. The molecule has 3 nitrogen and oxygen atoms in total. The number of rotatable bonds is 3. The molecule has 3 rings (SSSR count). The average molecular weight is 308 g/mol. The highest BCUT2D eigenvalue weighted by Crippen LogP contribution is 2.29. The van der Waals surface area contributed by atoms with Gasteiger partial charge in [0.2, 0.25) is 0 Å². The zero-order valence-electron chi connectivity index (χ0n) is 11.3. The normalized spacial score (nSPS) is 13.7. The Bertz CT molecular complexity index is 706. The third kappa shape index (κ3) is 2.90. The number of carbonyl (C=O) groups excluding carboxylic acids is 1. The van der Waals surface area contributed by atoms with Gasteiger partial charge in [0.05, 0.1) is 11.1 Å². The first-order chi connectivity index (χ1) is 10.4. The van der Waals surface area contributed by atoms with E-state index >= 15 is 0 Å². The van der Waals surface area contributed by atoms with Crippen molar-refractivity contribution >= 4 is 5.97 Å². The molecule has 0 spiro atoms. The molecule has 1 aliphatic heterocycles. The number of hydrogen-bond donors (Lipinski definition) is 0. The van der Waals surface area contributed by atoms with Gasteiger partial charge < -0.3 is 9.47 Å². The van der Waals surface area contributed by atoms with Crippen LogP contribution in [-0.2, 0) is 24.1 Å². The van der Waals surface area contributed by atoms with Crippen LogP contribution in [0, 0.1) is 0 Å². The molecule has 2 aromatic rings. The zero-order valence-corrected chi connectivity index (χ0v) is 11.3. The molecule has 6 heteroatoms. The number of cyclic esters (lactones) is 1. The summed E-state index contributed by atoms with van der Waals surface area (Å²) >= 11 is 0. The fraction of sp³-hybridized carbons (Fsp3) is 0.188. The summed E-state index contributed by atoms with van der Waals surface area (Å²) in [5.41, 5.74) is 1.17. The quantitative estimate of drug-likeness (QED) is 0.805. The van der Waals surface area contributed by atoms with Gasteiger partial charge in [0.1, 0.15) is 19.0 Å². The summed E-state index contributed by atoms with van der Waals surface area (Å²) in [6.07, 6.45) is -4.35. The van der Waals surface area contributed by atoms with Gasteiger partial charge in [0.25, 0.3) is 0 Å². The first kappa shape index (κ1) is 14.4. The number of ether oxygens (including phenoxy) is 2. The molecule has 0 N–H and O–H groups in total. The Kier molecular flexibility index (Phi) is 3.52. The third-order valence-electron chi connectivity index (χ3n) is 3.35. The number of fused-ring (bicyclic) bond motifs is 1. The van der Waals surface area contributed by atoms with E-state index in [2.05, 4.69) is 0 Å². The number of esters is 1. The van der Waals surface area contributed by atoms with Crippen LogP contribution in [0.2, 0.25) is 0 Å². The lowest BCUT2D eigenvalue weighted by atomic mass is 10.1. The molecule has 2 aromatic carbocycles.